The fraction of sp³-hybridized carbons (Fsp3) is 0.571. The van der Waals surface area contributed by atoms with Crippen LogP contribution in [0.1, 0.15) is 43.0 Å². The van der Waals surface area contributed by atoms with Crippen molar-refractivity contribution in [3.63, 3.8) is 0 Å². The SMILES string of the molecule is COC(C)(C)CC(N)c1cc(C)ccc1C. The molecule has 16 heavy (non-hydrogen) atoms. The summed E-state index contributed by atoms with van der Waals surface area (Å²) in [4.78, 5) is 0. The number of benzene rings is 1. The second-order valence-corrected chi connectivity index (χ2v) is 5.13. The highest BCUT2D eigenvalue weighted by molar-refractivity contribution is 5.32. The minimum Gasteiger partial charge on any atom is -0.379 e. The minimum atomic E-state index is -0.171. The third-order valence-corrected chi connectivity index (χ3v) is 3.10. The van der Waals surface area contributed by atoms with Gasteiger partial charge in [0.2, 0.25) is 0 Å². The molecule has 0 spiro atoms. The van der Waals surface area contributed by atoms with Crippen LogP contribution in [0.2, 0.25) is 0 Å². The molecule has 0 aliphatic rings. The first-order chi connectivity index (χ1) is 7.35. The summed E-state index contributed by atoms with van der Waals surface area (Å²) in [5.41, 5.74) is 9.81. The fourth-order valence-corrected chi connectivity index (χ4v) is 1.88. The topological polar surface area (TPSA) is 35.2 Å². The van der Waals surface area contributed by atoms with Crippen molar-refractivity contribution in [2.24, 2.45) is 5.73 Å². The molecule has 0 amide bonds. The number of hydrogen-bond donors (Lipinski definition) is 1. The Morgan fingerprint density at radius 1 is 1.31 bits per heavy atom. The van der Waals surface area contributed by atoms with Crippen LogP contribution in [0.3, 0.4) is 0 Å². The van der Waals surface area contributed by atoms with Gasteiger partial charge in [0.05, 0.1) is 5.60 Å². The van der Waals surface area contributed by atoms with Gasteiger partial charge in [0.25, 0.3) is 0 Å². The monoisotopic (exact) mass is 221 g/mol. The molecular formula is C14H23NO. The highest BCUT2D eigenvalue weighted by atomic mass is 16.5. The fourth-order valence-electron chi connectivity index (χ4n) is 1.88. The van der Waals surface area contributed by atoms with E-state index in [0.29, 0.717) is 0 Å². The Morgan fingerprint density at radius 2 is 1.94 bits per heavy atom. The predicted octanol–water partition coefficient (Wildman–Crippen LogP) is 3.12. The number of hydrogen-bond acceptors (Lipinski definition) is 2. The van der Waals surface area contributed by atoms with Crippen molar-refractivity contribution in [1.29, 1.82) is 0 Å². The minimum absolute atomic E-state index is 0.0369. The van der Waals surface area contributed by atoms with Crippen LogP contribution in [0.5, 0.6) is 0 Å². The molecule has 0 heterocycles. The Kier molecular flexibility index (Phi) is 4.11. The van der Waals surface area contributed by atoms with Crippen molar-refractivity contribution in [3.8, 4) is 0 Å². The lowest BCUT2D eigenvalue weighted by Crippen LogP contribution is -2.29. The van der Waals surface area contributed by atoms with Crippen molar-refractivity contribution in [2.75, 3.05) is 7.11 Å². The van der Waals surface area contributed by atoms with Gasteiger partial charge >= 0.3 is 0 Å². The summed E-state index contributed by atoms with van der Waals surface area (Å²) < 4.78 is 5.42. The van der Waals surface area contributed by atoms with Gasteiger partial charge in [0.15, 0.2) is 0 Å². The molecule has 0 aliphatic heterocycles. The molecular weight excluding hydrogens is 198 g/mol. The van der Waals surface area contributed by atoms with Gasteiger partial charge in [-0.15, -0.1) is 0 Å². The molecule has 0 aromatic heterocycles. The molecule has 90 valence electrons. The summed E-state index contributed by atoms with van der Waals surface area (Å²) >= 11 is 0. The molecule has 1 rings (SSSR count). The maximum Gasteiger partial charge on any atom is 0.0640 e. The maximum atomic E-state index is 6.25. The van der Waals surface area contributed by atoms with Crippen LogP contribution in [0.4, 0.5) is 0 Å². The molecule has 2 heteroatoms. The highest BCUT2D eigenvalue weighted by Crippen LogP contribution is 2.26. The first-order valence-electron chi connectivity index (χ1n) is 5.73. The average molecular weight is 221 g/mol. The van der Waals surface area contributed by atoms with Gasteiger partial charge in [0, 0.05) is 13.2 Å². The van der Waals surface area contributed by atoms with Gasteiger partial charge in [-0.3, -0.25) is 0 Å². The van der Waals surface area contributed by atoms with Crippen LogP contribution in [0.25, 0.3) is 0 Å². The van der Waals surface area contributed by atoms with Gasteiger partial charge in [-0.1, -0.05) is 23.8 Å². The van der Waals surface area contributed by atoms with E-state index in [0.717, 1.165) is 6.42 Å². The molecule has 1 unspecified atom stereocenters. The third kappa shape index (κ3) is 3.32. The van der Waals surface area contributed by atoms with Crippen molar-refractivity contribution >= 4 is 0 Å². The number of rotatable bonds is 4. The zero-order valence-corrected chi connectivity index (χ0v) is 11.0. The molecule has 1 aromatic carbocycles. The first kappa shape index (κ1) is 13.2. The van der Waals surface area contributed by atoms with Crippen molar-refractivity contribution < 1.29 is 4.74 Å². The number of methoxy groups -OCH3 is 1. The molecule has 0 fully saturated rings. The third-order valence-electron chi connectivity index (χ3n) is 3.10. The Balaban J connectivity index is 2.88. The molecule has 0 aliphatic carbocycles. The molecule has 2 N–H and O–H groups in total. The summed E-state index contributed by atoms with van der Waals surface area (Å²) in [6.07, 6.45) is 0.827. The summed E-state index contributed by atoms with van der Waals surface area (Å²) in [6, 6.07) is 6.46. The van der Waals surface area contributed by atoms with Crippen molar-refractivity contribution in [1.82, 2.24) is 0 Å². The van der Waals surface area contributed by atoms with Gasteiger partial charge < -0.3 is 10.5 Å². The standard InChI is InChI=1S/C14H23NO/c1-10-6-7-11(2)12(8-10)13(15)9-14(3,4)16-5/h6-8,13H,9,15H2,1-5H3. The van der Waals surface area contributed by atoms with E-state index in [1.165, 1.54) is 16.7 Å². The number of nitrogens with two attached hydrogens (primary N) is 1. The first-order valence-corrected chi connectivity index (χ1v) is 5.73. The second-order valence-electron chi connectivity index (χ2n) is 5.13. The summed E-state index contributed by atoms with van der Waals surface area (Å²) in [5, 5.41) is 0. The van der Waals surface area contributed by atoms with Crippen LogP contribution in [-0.2, 0) is 4.74 Å². The molecule has 0 saturated heterocycles. The van der Waals surface area contributed by atoms with Gasteiger partial charge in [-0.2, -0.15) is 0 Å². The normalized spacial score (nSPS) is 13.9. The Bertz CT molecular complexity index is 358. The van der Waals surface area contributed by atoms with E-state index in [9.17, 15) is 0 Å². The van der Waals surface area contributed by atoms with Gasteiger partial charge in [-0.25, -0.2) is 0 Å². The van der Waals surface area contributed by atoms with Gasteiger partial charge in [0.1, 0.15) is 0 Å². The average Bonchev–Trinajstić information content (AvgIpc) is 2.21. The van der Waals surface area contributed by atoms with Crippen LogP contribution >= 0.6 is 0 Å². The molecule has 0 radical (unpaired) electrons. The van der Waals surface area contributed by atoms with E-state index in [1.54, 1.807) is 7.11 Å². The second kappa shape index (κ2) is 4.98. The Morgan fingerprint density at radius 3 is 2.50 bits per heavy atom. The van der Waals surface area contributed by atoms with Crippen LogP contribution < -0.4 is 5.73 Å². The van der Waals surface area contributed by atoms with Crippen molar-refractivity contribution in [2.45, 2.75) is 45.8 Å². The number of ether oxygens (including phenoxy) is 1. The van der Waals surface area contributed by atoms with E-state index in [-0.39, 0.29) is 11.6 Å². The highest BCUT2D eigenvalue weighted by Gasteiger charge is 2.22. The van der Waals surface area contributed by atoms with E-state index >= 15 is 0 Å². The molecule has 0 saturated carbocycles. The zero-order chi connectivity index (χ0) is 12.3. The number of aryl methyl sites for hydroxylation is 2. The van der Waals surface area contributed by atoms with Gasteiger partial charge in [-0.05, 0) is 45.2 Å². The van der Waals surface area contributed by atoms with Crippen LogP contribution in [0, 0.1) is 13.8 Å². The molecule has 2 nitrogen and oxygen atoms in total. The maximum absolute atomic E-state index is 6.25. The van der Waals surface area contributed by atoms with Crippen LogP contribution in [0.15, 0.2) is 18.2 Å². The van der Waals surface area contributed by atoms with E-state index in [2.05, 4.69) is 45.9 Å². The van der Waals surface area contributed by atoms with Crippen molar-refractivity contribution in [3.05, 3.63) is 34.9 Å². The molecule has 0 bridgehead atoms. The lowest BCUT2D eigenvalue weighted by atomic mass is 9.91. The lowest BCUT2D eigenvalue weighted by molar-refractivity contribution is 0.00991. The Hall–Kier alpha value is -0.860. The summed E-state index contributed by atoms with van der Waals surface area (Å²) in [5.74, 6) is 0. The van der Waals surface area contributed by atoms with E-state index < -0.39 is 0 Å². The largest absolute Gasteiger partial charge is 0.379 e. The quantitative estimate of drug-likeness (QED) is 0.848. The predicted molar refractivity (Wildman–Crippen MR) is 68.5 cm³/mol. The van der Waals surface area contributed by atoms with Crippen LogP contribution in [-0.4, -0.2) is 12.7 Å². The summed E-state index contributed by atoms with van der Waals surface area (Å²) in [6.45, 7) is 8.33. The summed E-state index contributed by atoms with van der Waals surface area (Å²) in [7, 11) is 1.73. The Labute approximate surface area is 98.8 Å². The van der Waals surface area contributed by atoms with E-state index in [1.807, 2.05) is 0 Å². The van der Waals surface area contributed by atoms with E-state index in [4.69, 9.17) is 10.5 Å². The lowest BCUT2D eigenvalue weighted by Gasteiger charge is -2.27. The smallest absolute Gasteiger partial charge is 0.0640 e. The zero-order valence-electron chi connectivity index (χ0n) is 11.0. The molecule has 1 aromatic rings. The molecule has 1 atom stereocenters.